The maximum Gasteiger partial charge on any atom is 0.243 e. The number of rotatable bonds is 37. The van der Waals surface area contributed by atoms with E-state index >= 15 is 0 Å². The zero-order valence-electron chi connectivity index (χ0n) is 39.9. The number of carbonyl (C=O) groups excluding carboxylic acids is 7. The highest BCUT2D eigenvalue weighted by Crippen LogP contribution is 2.08. The van der Waals surface area contributed by atoms with Crippen LogP contribution in [-0.4, -0.2) is 159 Å². The minimum atomic E-state index is -1.42. The van der Waals surface area contributed by atoms with Gasteiger partial charge in [-0.1, -0.05) is 0 Å². The van der Waals surface area contributed by atoms with Crippen molar-refractivity contribution >= 4 is 77.1 Å². The fourth-order valence-corrected chi connectivity index (χ4v) is 6.33. The summed E-state index contributed by atoms with van der Waals surface area (Å²) in [6.45, 7) is 0.233. The van der Waals surface area contributed by atoms with Crippen LogP contribution in [0.25, 0.3) is 0 Å². The van der Waals surface area contributed by atoms with Crippen molar-refractivity contribution in [3.8, 4) is 0 Å². The van der Waals surface area contributed by atoms with Crippen LogP contribution < -0.4 is 110 Å². The molecular formula is C38H78N26O7. The lowest BCUT2D eigenvalue weighted by molar-refractivity contribution is -0.135. The van der Waals surface area contributed by atoms with Crippen molar-refractivity contribution in [1.82, 2.24) is 63.8 Å². The summed E-state index contributed by atoms with van der Waals surface area (Å²) in [6, 6.07) is -7.84. The summed E-state index contributed by atoms with van der Waals surface area (Å²) in [5.41, 5.74) is 43.7. The van der Waals surface area contributed by atoms with Crippen LogP contribution >= 0.6 is 0 Å². The number of primary amides is 1. The van der Waals surface area contributed by atoms with Gasteiger partial charge in [-0.15, -0.1) is 0 Å². The Morgan fingerprint density at radius 3 is 0.746 bits per heavy atom. The van der Waals surface area contributed by atoms with E-state index in [1.54, 1.807) is 0 Å². The molecule has 402 valence electrons. The molecule has 33 heteroatoms. The highest BCUT2D eigenvalue weighted by Gasteiger charge is 2.33. The Labute approximate surface area is 411 Å². The molecule has 0 aliphatic heterocycles. The zero-order chi connectivity index (χ0) is 53.9. The van der Waals surface area contributed by atoms with Gasteiger partial charge in [-0.25, -0.2) is 0 Å². The van der Waals surface area contributed by atoms with E-state index in [0.29, 0.717) is 6.42 Å². The zero-order valence-corrected chi connectivity index (χ0v) is 39.9. The number of amides is 7. The molecule has 0 saturated carbocycles. The topological polar surface area (TPSA) is 615 Å². The Morgan fingerprint density at radius 2 is 0.521 bits per heavy atom. The Morgan fingerprint density at radius 1 is 0.310 bits per heavy atom. The molecule has 0 spiro atoms. The highest BCUT2D eigenvalue weighted by atomic mass is 16.2. The fraction of sp³-hybridized carbons (Fsp3) is 0.658. The van der Waals surface area contributed by atoms with Crippen LogP contribution in [0.2, 0.25) is 0 Å². The third kappa shape index (κ3) is 32.3. The number of guanidine groups is 6. The van der Waals surface area contributed by atoms with Crippen molar-refractivity contribution < 1.29 is 33.6 Å². The van der Waals surface area contributed by atoms with E-state index in [2.05, 4.69) is 63.8 Å². The average molecular weight is 1010 g/mol. The second-order valence-corrected chi connectivity index (χ2v) is 16.0. The number of carbonyl (C=O) groups is 7. The molecule has 0 rings (SSSR count). The summed E-state index contributed by atoms with van der Waals surface area (Å²) >= 11 is 0. The molecule has 34 N–H and O–H groups in total. The lowest BCUT2D eigenvalue weighted by Crippen LogP contribution is -2.59. The maximum atomic E-state index is 14.3. The van der Waals surface area contributed by atoms with Gasteiger partial charge in [0.05, 0.1) is 12.6 Å². The number of hydrogen-bond donors (Lipinski definition) is 26. The first-order valence-corrected chi connectivity index (χ1v) is 22.7. The third-order valence-corrected chi connectivity index (χ3v) is 9.87. The van der Waals surface area contributed by atoms with E-state index in [0.717, 1.165) is 0 Å². The van der Waals surface area contributed by atoms with Gasteiger partial charge < -0.3 is 110 Å². The second-order valence-electron chi connectivity index (χ2n) is 16.0. The summed E-state index contributed by atoms with van der Waals surface area (Å²) in [5, 5.41) is 75.6. The predicted octanol–water partition coefficient (Wildman–Crippen LogP) is -9.08. The van der Waals surface area contributed by atoms with E-state index in [9.17, 15) is 33.6 Å². The van der Waals surface area contributed by atoms with E-state index < -0.39 is 84.1 Å². The molecular weight excluding hydrogens is 933 g/mol. The lowest BCUT2D eigenvalue weighted by atomic mass is 10.0. The maximum absolute atomic E-state index is 14.3. The van der Waals surface area contributed by atoms with Gasteiger partial charge in [0.1, 0.15) is 30.2 Å². The van der Waals surface area contributed by atoms with Crippen LogP contribution in [-0.2, 0) is 33.6 Å². The van der Waals surface area contributed by atoms with Crippen LogP contribution in [0.5, 0.6) is 0 Å². The standard InChI is InChI=1S/C38H78N26O7/c39-20(7-1-13-53-33(41)42)27(66)60-22(9-3-15-55-35(45)46)29(68)62-24(11-5-17-57-37(49)50)31(70)64-25(12-6-18-58-38(51)52)32(71)63-23(10-4-16-56-36(47)48)30(69)61-21(8-2-14-54-34(43)44)28(67)59-19-26(40)65/h20-25H,1-19,39H2,(H2,40,65)(H,59,67)(H,60,66)(H,61,69)(H,62,68)(H,63,71)(H,64,70)(H4,41,42,53)(H4,43,44,54)(H4,45,46,55)(H4,47,48,56)(H4,49,50,57)(H4,51,52,58). The van der Waals surface area contributed by atoms with Gasteiger partial charge in [0.25, 0.3) is 0 Å². The number of nitrogens with two attached hydrogens (primary N) is 8. The molecule has 0 aromatic rings. The molecule has 0 aliphatic carbocycles. The van der Waals surface area contributed by atoms with Crippen molar-refractivity contribution in [3.05, 3.63) is 0 Å². The molecule has 6 unspecified atom stereocenters. The van der Waals surface area contributed by atoms with E-state index in [1.807, 2.05) is 0 Å². The smallest absolute Gasteiger partial charge is 0.243 e. The Bertz CT molecular complexity index is 1820. The van der Waals surface area contributed by atoms with E-state index in [-0.39, 0.29) is 146 Å². The minimum absolute atomic E-state index is 0.0147. The number of nitrogens with one attached hydrogen (secondary N) is 18. The fourth-order valence-electron chi connectivity index (χ4n) is 6.33. The van der Waals surface area contributed by atoms with Gasteiger partial charge in [-0.3, -0.25) is 66.0 Å². The Hall–Kier alpha value is -8.13. The Balaban J connectivity index is 6.87. The normalized spacial score (nSPS) is 13.0. The van der Waals surface area contributed by atoms with Crippen LogP contribution in [0.15, 0.2) is 0 Å². The lowest BCUT2D eigenvalue weighted by Gasteiger charge is -2.28. The van der Waals surface area contributed by atoms with Crippen molar-refractivity contribution in [3.63, 3.8) is 0 Å². The van der Waals surface area contributed by atoms with Gasteiger partial charge in [-0.2, -0.15) is 0 Å². The van der Waals surface area contributed by atoms with Gasteiger partial charge in [0, 0.05) is 39.3 Å². The first-order chi connectivity index (χ1) is 33.4. The van der Waals surface area contributed by atoms with Crippen LogP contribution in [0, 0.1) is 32.5 Å². The van der Waals surface area contributed by atoms with Gasteiger partial charge in [-0.05, 0) is 77.0 Å². The molecule has 33 nitrogen and oxygen atoms in total. The number of hydrogen-bond acceptors (Lipinski definition) is 14. The molecule has 0 bridgehead atoms. The molecule has 0 heterocycles. The third-order valence-electron chi connectivity index (χ3n) is 9.87. The van der Waals surface area contributed by atoms with Crippen LogP contribution in [0.1, 0.15) is 77.0 Å². The van der Waals surface area contributed by atoms with E-state index in [4.69, 9.17) is 78.3 Å². The minimum Gasteiger partial charge on any atom is -0.370 e. The summed E-state index contributed by atoms with van der Waals surface area (Å²) in [6.07, 6.45) is 0.987. The molecule has 0 aromatic carbocycles. The molecule has 0 aliphatic rings. The summed E-state index contributed by atoms with van der Waals surface area (Å²) in [4.78, 5) is 94.3. The summed E-state index contributed by atoms with van der Waals surface area (Å²) < 4.78 is 0. The van der Waals surface area contributed by atoms with Crippen LogP contribution in [0.4, 0.5) is 0 Å². The summed E-state index contributed by atoms with van der Waals surface area (Å²) in [5.74, 6) is -7.81. The van der Waals surface area contributed by atoms with E-state index in [1.165, 1.54) is 0 Å². The predicted molar refractivity (Wildman–Crippen MR) is 265 cm³/mol. The second kappa shape index (κ2) is 35.9. The van der Waals surface area contributed by atoms with Crippen molar-refractivity contribution in [2.45, 2.75) is 113 Å². The Kier molecular flexibility index (Phi) is 31.8. The monoisotopic (exact) mass is 1010 g/mol. The average Bonchev–Trinajstić information content (AvgIpc) is 3.28. The molecule has 0 radical (unpaired) electrons. The molecule has 0 saturated heterocycles. The first kappa shape index (κ1) is 62.9. The van der Waals surface area contributed by atoms with Crippen molar-refractivity contribution in [2.75, 3.05) is 45.8 Å². The van der Waals surface area contributed by atoms with Crippen molar-refractivity contribution in [1.29, 1.82) is 32.5 Å². The van der Waals surface area contributed by atoms with Crippen molar-refractivity contribution in [2.24, 2.45) is 45.9 Å². The molecule has 0 fully saturated rings. The molecule has 71 heavy (non-hydrogen) atoms. The SMILES string of the molecule is N=C(N)NCCCC(N)C(=O)NC(CCCNC(=N)N)C(=O)NC(CCCNC(=N)N)C(=O)NC(CCCNC(=N)N)C(=O)NC(CCCNC(=N)N)C(=O)NC(CCCNC(=N)N)C(=O)NCC(N)=O. The quantitative estimate of drug-likeness (QED) is 0.0156. The van der Waals surface area contributed by atoms with Gasteiger partial charge >= 0.3 is 0 Å². The molecule has 0 aromatic heterocycles. The summed E-state index contributed by atoms with van der Waals surface area (Å²) in [7, 11) is 0. The first-order valence-electron chi connectivity index (χ1n) is 22.7. The highest BCUT2D eigenvalue weighted by molar-refractivity contribution is 5.97. The largest absolute Gasteiger partial charge is 0.370 e. The molecule has 7 amide bonds. The van der Waals surface area contributed by atoms with Crippen LogP contribution in [0.3, 0.4) is 0 Å². The van der Waals surface area contributed by atoms with Gasteiger partial charge in [0.15, 0.2) is 35.8 Å². The molecule has 6 atom stereocenters. The van der Waals surface area contributed by atoms with Gasteiger partial charge in [0.2, 0.25) is 41.4 Å².